The number of nitrogen functional groups attached to an aromatic ring is 1. The van der Waals surface area contributed by atoms with Crippen LogP contribution in [-0.2, 0) is 5.41 Å². The van der Waals surface area contributed by atoms with E-state index in [-0.39, 0.29) is 11.3 Å². The van der Waals surface area contributed by atoms with Crippen LogP contribution in [0.1, 0.15) is 48.5 Å². The molecule has 0 radical (unpaired) electrons. The highest BCUT2D eigenvalue weighted by Crippen LogP contribution is 2.49. The van der Waals surface area contributed by atoms with Gasteiger partial charge in [0.2, 0.25) is 0 Å². The van der Waals surface area contributed by atoms with Crippen LogP contribution in [0, 0.1) is 0 Å². The van der Waals surface area contributed by atoms with Crippen LogP contribution in [0.5, 0.6) is 0 Å². The van der Waals surface area contributed by atoms with Gasteiger partial charge >= 0.3 is 0 Å². The molecule has 0 aromatic heterocycles. The number of carbonyl (C=O) groups excluding carboxylic acids is 1. The van der Waals surface area contributed by atoms with Crippen molar-refractivity contribution in [1.29, 1.82) is 0 Å². The van der Waals surface area contributed by atoms with E-state index in [4.69, 9.17) is 5.73 Å². The number of nitrogens with zero attached hydrogens (tertiary/aromatic N) is 1. The van der Waals surface area contributed by atoms with Crippen LogP contribution in [-0.4, -0.2) is 23.9 Å². The van der Waals surface area contributed by atoms with Crippen LogP contribution < -0.4 is 5.73 Å². The van der Waals surface area contributed by atoms with Gasteiger partial charge in [0.15, 0.2) is 0 Å². The Balaban J connectivity index is 2.11. The standard InChI is InChI=1S/C15H20N2O/c1-2-9-17-10-15(7-4-8-15)11-5-3-6-12(16)13(11)14(17)18/h3,5-6H,2,4,7-10,16H2,1H3. The van der Waals surface area contributed by atoms with Gasteiger partial charge in [-0.15, -0.1) is 0 Å². The van der Waals surface area contributed by atoms with Gasteiger partial charge in [-0.25, -0.2) is 0 Å². The second-order valence-corrected chi connectivity index (χ2v) is 5.63. The number of nitrogens with two attached hydrogens (primary N) is 1. The fourth-order valence-electron chi connectivity index (χ4n) is 3.41. The van der Waals surface area contributed by atoms with Gasteiger partial charge in [0.25, 0.3) is 5.91 Å². The normalized spacial score (nSPS) is 20.7. The summed E-state index contributed by atoms with van der Waals surface area (Å²) in [5.41, 5.74) is 8.86. The first-order chi connectivity index (χ1) is 8.68. The number of carbonyl (C=O) groups is 1. The topological polar surface area (TPSA) is 46.3 Å². The van der Waals surface area contributed by atoms with Crippen LogP contribution in [0.4, 0.5) is 5.69 Å². The number of rotatable bonds is 2. The zero-order valence-electron chi connectivity index (χ0n) is 10.9. The summed E-state index contributed by atoms with van der Waals surface area (Å²) in [6.45, 7) is 3.84. The molecule has 0 atom stereocenters. The fraction of sp³-hybridized carbons (Fsp3) is 0.533. The highest BCUT2D eigenvalue weighted by atomic mass is 16.2. The van der Waals surface area contributed by atoms with Crippen molar-refractivity contribution in [1.82, 2.24) is 4.90 Å². The Bertz CT molecular complexity index is 491. The Hall–Kier alpha value is -1.51. The molecule has 1 amide bonds. The quantitative estimate of drug-likeness (QED) is 0.813. The monoisotopic (exact) mass is 244 g/mol. The van der Waals surface area contributed by atoms with E-state index in [1.165, 1.54) is 24.8 Å². The SMILES string of the molecule is CCCN1CC2(CCC2)c2cccc(N)c2C1=O. The van der Waals surface area contributed by atoms with Gasteiger partial charge in [-0.3, -0.25) is 4.79 Å². The lowest BCUT2D eigenvalue weighted by molar-refractivity contribution is 0.0591. The van der Waals surface area contributed by atoms with Crippen molar-refractivity contribution in [3.8, 4) is 0 Å². The van der Waals surface area contributed by atoms with E-state index in [9.17, 15) is 4.79 Å². The van der Waals surface area contributed by atoms with Crippen molar-refractivity contribution in [2.24, 2.45) is 0 Å². The molecule has 1 spiro atoms. The van der Waals surface area contributed by atoms with E-state index < -0.39 is 0 Å². The predicted molar refractivity (Wildman–Crippen MR) is 72.6 cm³/mol. The number of amides is 1. The molecular weight excluding hydrogens is 224 g/mol. The highest BCUT2D eigenvalue weighted by molar-refractivity contribution is 6.02. The minimum absolute atomic E-state index is 0.127. The van der Waals surface area contributed by atoms with E-state index in [2.05, 4.69) is 13.0 Å². The third kappa shape index (κ3) is 1.46. The number of anilines is 1. The van der Waals surface area contributed by atoms with Gasteiger partial charge in [-0.05, 0) is 30.9 Å². The summed E-state index contributed by atoms with van der Waals surface area (Å²) in [4.78, 5) is 14.5. The molecule has 96 valence electrons. The van der Waals surface area contributed by atoms with Gasteiger partial charge in [0.1, 0.15) is 0 Å². The van der Waals surface area contributed by atoms with Gasteiger partial charge in [-0.1, -0.05) is 25.5 Å². The molecule has 1 aliphatic heterocycles. The first-order valence-electron chi connectivity index (χ1n) is 6.86. The van der Waals surface area contributed by atoms with Crippen molar-refractivity contribution in [2.45, 2.75) is 38.0 Å². The van der Waals surface area contributed by atoms with Crippen LogP contribution in [0.15, 0.2) is 18.2 Å². The number of fused-ring (bicyclic) bond motifs is 2. The average Bonchev–Trinajstić information content (AvgIpc) is 2.31. The van der Waals surface area contributed by atoms with Crippen molar-refractivity contribution in [3.05, 3.63) is 29.3 Å². The van der Waals surface area contributed by atoms with Gasteiger partial charge in [0, 0.05) is 24.2 Å². The zero-order valence-corrected chi connectivity index (χ0v) is 10.9. The molecule has 0 saturated heterocycles. The van der Waals surface area contributed by atoms with E-state index >= 15 is 0 Å². The Kier molecular flexibility index (Phi) is 2.58. The molecule has 1 aromatic rings. The summed E-state index contributed by atoms with van der Waals surface area (Å²) in [7, 11) is 0. The molecule has 3 rings (SSSR count). The molecule has 3 heteroatoms. The molecule has 2 aliphatic rings. The van der Waals surface area contributed by atoms with Crippen molar-refractivity contribution in [2.75, 3.05) is 18.8 Å². The number of hydrogen-bond acceptors (Lipinski definition) is 2. The van der Waals surface area contributed by atoms with E-state index in [0.717, 1.165) is 25.1 Å². The molecule has 18 heavy (non-hydrogen) atoms. The van der Waals surface area contributed by atoms with Crippen LogP contribution >= 0.6 is 0 Å². The number of hydrogen-bond donors (Lipinski definition) is 1. The third-order valence-corrected chi connectivity index (χ3v) is 4.47. The molecule has 1 saturated carbocycles. The first-order valence-corrected chi connectivity index (χ1v) is 6.86. The summed E-state index contributed by atoms with van der Waals surface area (Å²) in [5, 5.41) is 0. The molecule has 0 unspecified atom stereocenters. The van der Waals surface area contributed by atoms with Gasteiger partial charge < -0.3 is 10.6 Å². The maximum atomic E-state index is 12.5. The smallest absolute Gasteiger partial charge is 0.256 e. The lowest BCUT2D eigenvalue weighted by atomic mass is 9.61. The van der Waals surface area contributed by atoms with E-state index in [1.54, 1.807) is 0 Å². The van der Waals surface area contributed by atoms with E-state index in [1.807, 2.05) is 17.0 Å². The van der Waals surface area contributed by atoms with Crippen molar-refractivity contribution >= 4 is 11.6 Å². The molecule has 3 nitrogen and oxygen atoms in total. The largest absolute Gasteiger partial charge is 0.398 e. The maximum absolute atomic E-state index is 12.5. The number of benzene rings is 1. The molecule has 1 aliphatic carbocycles. The summed E-state index contributed by atoms with van der Waals surface area (Å²) >= 11 is 0. The van der Waals surface area contributed by atoms with Crippen LogP contribution in [0.2, 0.25) is 0 Å². The lowest BCUT2D eigenvalue weighted by Crippen LogP contribution is -2.53. The average molecular weight is 244 g/mol. The van der Waals surface area contributed by atoms with Gasteiger partial charge in [-0.2, -0.15) is 0 Å². The van der Waals surface area contributed by atoms with Crippen LogP contribution in [0.25, 0.3) is 0 Å². The highest BCUT2D eigenvalue weighted by Gasteiger charge is 2.47. The summed E-state index contributed by atoms with van der Waals surface area (Å²) < 4.78 is 0. The summed E-state index contributed by atoms with van der Waals surface area (Å²) in [6, 6.07) is 5.93. The van der Waals surface area contributed by atoms with Gasteiger partial charge in [0.05, 0.1) is 5.56 Å². The Morgan fingerprint density at radius 3 is 2.78 bits per heavy atom. The minimum Gasteiger partial charge on any atom is -0.398 e. The second kappa shape index (κ2) is 4.01. The van der Waals surface area contributed by atoms with E-state index in [0.29, 0.717) is 5.69 Å². The second-order valence-electron chi connectivity index (χ2n) is 5.63. The lowest BCUT2D eigenvalue weighted by Gasteiger charge is -2.49. The minimum atomic E-state index is 0.127. The predicted octanol–water partition coefficient (Wildman–Crippen LogP) is 2.56. The molecule has 1 aromatic carbocycles. The van der Waals surface area contributed by atoms with Crippen molar-refractivity contribution in [3.63, 3.8) is 0 Å². The molecule has 1 heterocycles. The third-order valence-electron chi connectivity index (χ3n) is 4.47. The Labute approximate surface area is 108 Å². The first kappa shape index (κ1) is 11.6. The molecule has 1 fully saturated rings. The molecule has 0 bridgehead atoms. The van der Waals surface area contributed by atoms with Crippen LogP contribution in [0.3, 0.4) is 0 Å². The summed E-state index contributed by atoms with van der Waals surface area (Å²) in [6.07, 6.45) is 4.65. The summed E-state index contributed by atoms with van der Waals surface area (Å²) in [5.74, 6) is 0.127. The zero-order chi connectivity index (χ0) is 12.8. The molecule has 2 N–H and O–H groups in total. The maximum Gasteiger partial charge on any atom is 0.256 e. The molecular formula is C15H20N2O. The fourth-order valence-corrected chi connectivity index (χ4v) is 3.41. The Morgan fingerprint density at radius 1 is 1.39 bits per heavy atom. The Morgan fingerprint density at radius 2 is 2.17 bits per heavy atom. The van der Waals surface area contributed by atoms with Crippen molar-refractivity contribution < 1.29 is 4.79 Å².